The van der Waals surface area contributed by atoms with Gasteiger partial charge in [0.1, 0.15) is 0 Å². The summed E-state index contributed by atoms with van der Waals surface area (Å²) in [4.78, 5) is 4.39. The number of hydrogen-bond acceptors (Lipinski definition) is 3. The van der Waals surface area contributed by atoms with Gasteiger partial charge in [-0.3, -0.25) is 0 Å². The molecule has 0 amide bonds. The van der Waals surface area contributed by atoms with E-state index in [0.29, 0.717) is 17.4 Å². The van der Waals surface area contributed by atoms with Gasteiger partial charge in [-0.25, -0.2) is 4.98 Å². The number of nitrogens with one attached hydrogen (secondary N) is 1. The Morgan fingerprint density at radius 1 is 1.53 bits per heavy atom. The fourth-order valence-electron chi connectivity index (χ4n) is 3.06. The normalized spacial score (nSPS) is 29.4. The third-order valence-electron chi connectivity index (χ3n) is 3.89. The average Bonchev–Trinajstić information content (AvgIpc) is 2.82. The van der Waals surface area contributed by atoms with Gasteiger partial charge in [0.25, 0.3) is 0 Å². The molecule has 2 rings (SSSR count). The molecule has 0 saturated heterocycles. The number of rotatable bonds is 4. The minimum atomic E-state index is 0.515. The lowest BCUT2D eigenvalue weighted by molar-refractivity contribution is 0.361. The summed E-state index contributed by atoms with van der Waals surface area (Å²) in [6, 6.07) is 0.687. The Morgan fingerprint density at radius 3 is 2.82 bits per heavy atom. The number of aromatic nitrogens is 1. The Labute approximate surface area is 109 Å². The zero-order valence-electron chi connectivity index (χ0n) is 11.4. The predicted octanol–water partition coefficient (Wildman–Crippen LogP) is 3.66. The van der Waals surface area contributed by atoms with Crippen molar-refractivity contribution in [2.24, 2.45) is 11.3 Å². The third-order valence-corrected chi connectivity index (χ3v) is 4.90. The van der Waals surface area contributed by atoms with Gasteiger partial charge in [-0.15, -0.1) is 11.3 Å². The highest BCUT2D eigenvalue weighted by Crippen LogP contribution is 2.40. The first-order valence-electron chi connectivity index (χ1n) is 6.61. The standard InChI is InChI=1S/C14H24N2S/c1-10-7-14(3,4)8-12(10)16-9-11(2)13-15-5-6-17-13/h5-6,10-12,16H,7-9H2,1-4H3. The molecule has 3 atom stereocenters. The molecule has 3 unspecified atom stereocenters. The van der Waals surface area contributed by atoms with E-state index in [1.807, 2.05) is 6.20 Å². The maximum absolute atomic E-state index is 4.39. The summed E-state index contributed by atoms with van der Waals surface area (Å²) in [6.07, 6.45) is 4.55. The van der Waals surface area contributed by atoms with Gasteiger partial charge in [0.15, 0.2) is 0 Å². The van der Waals surface area contributed by atoms with Gasteiger partial charge < -0.3 is 5.32 Å². The summed E-state index contributed by atoms with van der Waals surface area (Å²) in [5.41, 5.74) is 0.515. The Morgan fingerprint density at radius 2 is 2.29 bits per heavy atom. The summed E-state index contributed by atoms with van der Waals surface area (Å²) in [7, 11) is 0. The Hall–Kier alpha value is -0.410. The van der Waals surface area contributed by atoms with Gasteiger partial charge in [-0.1, -0.05) is 27.7 Å². The van der Waals surface area contributed by atoms with Crippen molar-refractivity contribution < 1.29 is 0 Å². The second kappa shape index (κ2) is 5.07. The van der Waals surface area contributed by atoms with Gasteiger partial charge in [-0.2, -0.15) is 0 Å². The van der Waals surface area contributed by atoms with E-state index < -0.39 is 0 Å². The Balaban J connectivity index is 1.83. The van der Waals surface area contributed by atoms with Crippen LogP contribution in [0.2, 0.25) is 0 Å². The predicted molar refractivity (Wildman–Crippen MR) is 74.5 cm³/mol. The van der Waals surface area contributed by atoms with E-state index in [1.54, 1.807) is 11.3 Å². The molecule has 1 heterocycles. The van der Waals surface area contributed by atoms with Gasteiger partial charge in [-0.05, 0) is 24.2 Å². The Bertz CT molecular complexity index is 345. The van der Waals surface area contributed by atoms with Crippen molar-refractivity contribution in [2.45, 2.75) is 52.5 Å². The van der Waals surface area contributed by atoms with Crippen LogP contribution in [0.15, 0.2) is 11.6 Å². The van der Waals surface area contributed by atoms with E-state index >= 15 is 0 Å². The molecule has 1 aromatic rings. The average molecular weight is 252 g/mol. The highest BCUT2D eigenvalue weighted by atomic mass is 32.1. The molecule has 3 heteroatoms. The zero-order chi connectivity index (χ0) is 12.5. The van der Waals surface area contributed by atoms with Gasteiger partial charge in [0.2, 0.25) is 0 Å². The molecule has 0 bridgehead atoms. The van der Waals surface area contributed by atoms with E-state index in [4.69, 9.17) is 0 Å². The summed E-state index contributed by atoms with van der Waals surface area (Å²) in [5, 5.41) is 7.06. The zero-order valence-corrected chi connectivity index (χ0v) is 12.2. The smallest absolute Gasteiger partial charge is 0.0965 e. The van der Waals surface area contributed by atoms with E-state index in [2.05, 4.69) is 43.4 Å². The van der Waals surface area contributed by atoms with Crippen LogP contribution in [0.3, 0.4) is 0 Å². The van der Waals surface area contributed by atoms with Gasteiger partial charge in [0, 0.05) is 30.1 Å². The molecule has 1 aliphatic rings. The van der Waals surface area contributed by atoms with Crippen molar-refractivity contribution in [1.29, 1.82) is 0 Å². The lowest BCUT2D eigenvalue weighted by atomic mass is 9.91. The van der Waals surface area contributed by atoms with Crippen molar-refractivity contribution >= 4 is 11.3 Å². The lowest BCUT2D eigenvalue weighted by Crippen LogP contribution is -2.34. The van der Waals surface area contributed by atoms with Crippen molar-refractivity contribution in [3.05, 3.63) is 16.6 Å². The number of nitrogens with zero attached hydrogens (tertiary/aromatic N) is 1. The molecule has 1 aliphatic carbocycles. The minimum Gasteiger partial charge on any atom is -0.313 e. The van der Waals surface area contributed by atoms with Crippen molar-refractivity contribution in [3.63, 3.8) is 0 Å². The first-order chi connectivity index (χ1) is 7.98. The SMILES string of the molecule is CC(CNC1CC(C)(C)CC1C)c1nccs1. The highest BCUT2D eigenvalue weighted by Gasteiger charge is 2.36. The maximum atomic E-state index is 4.39. The van der Waals surface area contributed by atoms with Crippen LogP contribution in [0, 0.1) is 11.3 Å². The Kier molecular flexibility index (Phi) is 3.88. The summed E-state index contributed by atoms with van der Waals surface area (Å²) < 4.78 is 0. The largest absolute Gasteiger partial charge is 0.313 e. The van der Waals surface area contributed by atoms with Crippen LogP contribution in [0.1, 0.15) is 51.5 Å². The monoisotopic (exact) mass is 252 g/mol. The molecule has 1 saturated carbocycles. The molecule has 1 N–H and O–H groups in total. The van der Waals surface area contributed by atoms with E-state index in [1.165, 1.54) is 17.8 Å². The molecule has 0 spiro atoms. The van der Waals surface area contributed by atoms with Crippen LogP contribution in [-0.4, -0.2) is 17.6 Å². The molecular formula is C14H24N2S. The van der Waals surface area contributed by atoms with Crippen molar-refractivity contribution in [2.75, 3.05) is 6.54 Å². The second-order valence-corrected chi connectivity index (χ2v) is 7.26. The van der Waals surface area contributed by atoms with E-state index in [9.17, 15) is 0 Å². The van der Waals surface area contributed by atoms with Crippen molar-refractivity contribution in [3.8, 4) is 0 Å². The molecule has 1 aromatic heterocycles. The fourth-order valence-corrected chi connectivity index (χ4v) is 3.76. The quantitative estimate of drug-likeness (QED) is 0.884. The van der Waals surface area contributed by atoms with Crippen LogP contribution in [0.4, 0.5) is 0 Å². The highest BCUT2D eigenvalue weighted by molar-refractivity contribution is 7.09. The third kappa shape index (κ3) is 3.29. The minimum absolute atomic E-state index is 0.515. The summed E-state index contributed by atoms with van der Waals surface area (Å²) >= 11 is 1.76. The topological polar surface area (TPSA) is 24.9 Å². The van der Waals surface area contributed by atoms with Crippen molar-refractivity contribution in [1.82, 2.24) is 10.3 Å². The van der Waals surface area contributed by atoms with E-state index in [0.717, 1.165) is 12.5 Å². The molecule has 0 aromatic carbocycles. The molecule has 0 aliphatic heterocycles. The van der Waals surface area contributed by atoms with Crippen LogP contribution >= 0.6 is 11.3 Å². The van der Waals surface area contributed by atoms with Gasteiger partial charge >= 0.3 is 0 Å². The van der Waals surface area contributed by atoms with Crippen LogP contribution < -0.4 is 5.32 Å². The number of hydrogen-bond donors (Lipinski definition) is 1. The summed E-state index contributed by atoms with van der Waals surface area (Å²) in [6.45, 7) is 10.5. The molecule has 17 heavy (non-hydrogen) atoms. The summed E-state index contributed by atoms with van der Waals surface area (Å²) in [5.74, 6) is 1.33. The second-order valence-electron chi connectivity index (χ2n) is 6.34. The maximum Gasteiger partial charge on any atom is 0.0965 e. The first-order valence-corrected chi connectivity index (χ1v) is 7.49. The molecule has 0 radical (unpaired) electrons. The molecule has 96 valence electrons. The van der Waals surface area contributed by atoms with Gasteiger partial charge in [0.05, 0.1) is 5.01 Å². The number of thiazole rings is 1. The van der Waals surface area contributed by atoms with E-state index in [-0.39, 0.29) is 0 Å². The molecular weight excluding hydrogens is 228 g/mol. The fraction of sp³-hybridized carbons (Fsp3) is 0.786. The lowest BCUT2D eigenvalue weighted by Gasteiger charge is -2.20. The van der Waals surface area contributed by atoms with Crippen LogP contribution in [0.5, 0.6) is 0 Å². The first kappa shape index (κ1) is 13.0. The molecule has 1 fully saturated rings. The van der Waals surface area contributed by atoms with Crippen LogP contribution in [0.25, 0.3) is 0 Å². The molecule has 2 nitrogen and oxygen atoms in total. The van der Waals surface area contributed by atoms with Crippen LogP contribution in [-0.2, 0) is 0 Å².